The van der Waals surface area contributed by atoms with Crippen molar-refractivity contribution >= 4 is 43.4 Å². The third-order valence-electron chi connectivity index (χ3n) is 10.5. The molecule has 1 aliphatic rings. The second kappa shape index (κ2) is 10.0. The molecule has 2 heteroatoms. The van der Waals surface area contributed by atoms with Crippen molar-refractivity contribution in [2.24, 2.45) is 0 Å². The molecule has 0 unspecified atom stereocenters. The zero-order valence-electron chi connectivity index (χ0n) is 26.9. The molecule has 10 rings (SSSR count). The summed E-state index contributed by atoms with van der Waals surface area (Å²) in [5.74, 6) is 0.949. The summed E-state index contributed by atoms with van der Waals surface area (Å²) >= 11 is 0. The van der Waals surface area contributed by atoms with E-state index in [4.69, 9.17) is 4.98 Å². The number of rotatable bonds is 3. The normalized spacial score (nSPS) is 13.4. The molecule has 0 N–H and O–H groups in total. The minimum absolute atomic E-state index is 0.130. The van der Waals surface area contributed by atoms with Crippen molar-refractivity contribution < 1.29 is 0 Å². The molecule has 9 aromatic rings. The van der Waals surface area contributed by atoms with Gasteiger partial charge in [-0.25, -0.2) is 4.98 Å². The average molecular weight is 613 g/mol. The van der Waals surface area contributed by atoms with Gasteiger partial charge in [-0.05, 0) is 108 Å². The van der Waals surface area contributed by atoms with Crippen LogP contribution >= 0.6 is 0 Å². The van der Waals surface area contributed by atoms with Crippen LogP contribution in [0.15, 0.2) is 158 Å². The van der Waals surface area contributed by atoms with Gasteiger partial charge < -0.3 is 0 Å². The van der Waals surface area contributed by atoms with E-state index in [1.54, 1.807) is 0 Å². The van der Waals surface area contributed by atoms with Gasteiger partial charge in [-0.15, -0.1) is 0 Å². The minimum atomic E-state index is -0.130. The third-order valence-corrected chi connectivity index (χ3v) is 10.5. The van der Waals surface area contributed by atoms with Gasteiger partial charge in [-0.1, -0.05) is 129 Å². The lowest BCUT2D eigenvalue weighted by atomic mass is 9.79. The lowest BCUT2D eigenvalue weighted by Crippen LogP contribution is -2.15. The van der Waals surface area contributed by atoms with E-state index in [0.717, 1.165) is 28.1 Å². The third kappa shape index (κ3) is 3.83. The summed E-state index contributed by atoms with van der Waals surface area (Å²) in [7, 11) is 0. The van der Waals surface area contributed by atoms with Crippen molar-refractivity contribution in [2.45, 2.75) is 19.3 Å². The van der Waals surface area contributed by atoms with Gasteiger partial charge in [0.1, 0.15) is 5.82 Å². The Labute approximate surface area is 279 Å². The molecule has 0 bridgehead atoms. The van der Waals surface area contributed by atoms with Crippen LogP contribution in [-0.4, -0.2) is 9.55 Å². The summed E-state index contributed by atoms with van der Waals surface area (Å²) in [6.07, 6.45) is 0. The van der Waals surface area contributed by atoms with Crippen LogP contribution in [0.25, 0.3) is 82.7 Å². The Morgan fingerprint density at radius 2 is 1.17 bits per heavy atom. The van der Waals surface area contributed by atoms with Crippen LogP contribution < -0.4 is 0 Å². The highest BCUT2D eigenvalue weighted by molar-refractivity contribution is 6.19. The summed E-state index contributed by atoms with van der Waals surface area (Å²) in [5, 5.41) is 7.89. The molecule has 0 fully saturated rings. The van der Waals surface area contributed by atoms with Crippen LogP contribution in [0.5, 0.6) is 0 Å². The lowest BCUT2D eigenvalue weighted by Gasteiger charge is -2.24. The number of aromatic nitrogens is 2. The van der Waals surface area contributed by atoms with E-state index in [9.17, 15) is 0 Å². The standard InChI is InChI=1S/C46H32N2/c1-46(2)40-28-33-25-31(23-24-32(33)27-39(40)43-37-19-8-6-17-35(37)36-18-7-9-20-38(36)44(43)46)30-15-12-16-34(26-30)48-42-22-11-10-21-41(42)47-45(48)29-13-4-3-5-14-29/h3-28H,1-2H3. The number of nitrogens with zero attached hydrogens (tertiary/aromatic N) is 2. The molecule has 226 valence electrons. The first-order valence-corrected chi connectivity index (χ1v) is 16.7. The molecule has 0 radical (unpaired) electrons. The van der Waals surface area contributed by atoms with Gasteiger partial charge in [0.15, 0.2) is 0 Å². The van der Waals surface area contributed by atoms with E-state index in [2.05, 4.69) is 176 Å². The minimum Gasteiger partial charge on any atom is -0.292 e. The Kier molecular flexibility index (Phi) is 5.66. The quantitative estimate of drug-likeness (QED) is 0.182. The van der Waals surface area contributed by atoms with Crippen molar-refractivity contribution in [2.75, 3.05) is 0 Å². The van der Waals surface area contributed by atoms with Crippen LogP contribution in [0.3, 0.4) is 0 Å². The molecule has 1 aliphatic carbocycles. The van der Waals surface area contributed by atoms with E-state index in [1.807, 2.05) is 0 Å². The highest BCUT2D eigenvalue weighted by Gasteiger charge is 2.38. The Morgan fingerprint density at radius 3 is 2.00 bits per heavy atom. The second-order valence-electron chi connectivity index (χ2n) is 13.6. The fourth-order valence-electron chi connectivity index (χ4n) is 8.30. The molecule has 0 saturated carbocycles. The summed E-state index contributed by atoms with van der Waals surface area (Å²) in [6, 6.07) is 57.4. The van der Waals surface area contributed by atoms with Crippen LogP contribution in [0.4, 0.5) is 0 Å². The average Bonchev–Trinajstić information content (AvgIpc) is 3.64. The van der Waals surface area contributed by atoms with Crippen molar-refractivity contribution in [3.63, 3.8) is 0 Å². The van der Waals surface area contributed by atoms with E-state index in [1.165, 1.54) is 65.7 Å². The summed E-state index contributed by atoms with van der Waals surface area (Å²) in [5.41, 5.74) is 12.2. The number of benzene rings is 8. The van der Waals surface area contributed by atoms with Gasteiger partial charge in [0.05, 0.1) is 11.0 Å². The SMILES string of the molecule is CC1(C)c2cc3cc(-c4cccc(-n5c(-c6ccccc6)nc6ccccc65)c4)ccc3cc2-c2c1c1ccccc1c1ccccc21. The Bertz CT molecular complexity index is 2750. The van der Waals surface area contributed by atoms with Crippen molar-refractivity contribution in [1.29, 1.82) is 0 Å². The first kappa shape index (κ1) is 27.2. The molecule has 2 nitrogen and oxygen atoms in total. The van der Waals surface area contributed by atoms with Crippen LogP contribution in [0, 0.1) is 0 Å². The molecule has 1 heterocycles. The van der Waals surface area contributed by atoms with Gasteiger partial charge in [0, 0.05) is 16.7 Å². The highest BCUT2D eigenvalue weighted by Crippen LogP contribution is 2.55. The molecule has 8 aromatic carbocycles. The number of imidazole rings is 1. The largest absolute Gasteiger partial charge is 0.292 e. The molecule has 1 aromatic heterocycles. The first-order valence-electron chi connectivity index (χ1n) is 16.7. The van der Waals surface area contributed by atoms with E-state index in [0.29, 0.717) is 0 Å². The molecular formula is C46H32N2. The molecule has 0 atom stereocenters. The van der Waals surface area contributed by atoms with Crippen LogP contribution in [0.2, 0.25) is 0 Å². The van der Waals surface area contributed by atoms with Crippen molar-refractivity contribution in [3.8, 4) is 39.3 Å². The van der Waals surface area contributed by atoms with Crippen molar-refractivity contribution in [3.05, 3.63) is 169 Å². The van der Waals surface area contributed by atoms with E-state index < -0.39 is 0 Å². The summed E-state index contributed by atoms with van der Waals surface area (Å²) in [4.78, 5) is 5.07. The topological polar surface area (TPSA) is 17.8 Å². The lowest BCUT2D eigenvalue weighted by molar-refractivity contribution is 0.667. The first-order chi connectivity index (χ1) is 23.6. The zero-order chi connectivity index (χ0) is 32.0. The van der Waals surface area contributed by atoms with Gasteiger partial charge in [-0.2, -0.15) is 0 Å². The number of hydrogen-bond acceptors (Lipinski definition) is 1. The van der Waals surface area contributed by atoms with E-state index >= 15 is 0 Å². The predicted molar refractivity (Wildman–Crippen MR) is 202 cm³/mol. The highest BCUT2D eigenvalue weighted by atomic mass is 15.1. The smallest absolute Gasteiger partial charge is 0.145 e. The van der Waals surface area contributed by atoms with Crippen LogP contribution in [0.1, 0.15) is 25.0 Å². The van der Waals surface area contributed by atoms with Gasteiger partial charge in [0.25, 0.3) is 0 Å². The summed E-state index contributed by atoms with van der Waals surface area (Å²) < 4.78 is 2.29. The molecule has 48 heavy (non-hydrogen) atoms. The Hall–Kier alpha value is -5.99. The van der Waals surface area contributed by atoms with Gasteiger partial charge in [0.2, 0.25) is 0 Å². The predicted octanol–water partition coefficient (Wildman–Crippen LogP) is 12.1. The second-order valence-corrected chi connectivity index (χ2v) is 13.6. The van der Waals surface area contributed by atoms with E-state index in [-0.39, 0.29) is 5.41 Å². The van der Waals surface area contributed by atoms with Gasteiger partial charge in [-0.3, -0.25) is 4.57 Å². The fraction of sp³-hybridized carbons (Fsp3) is 0.0652. The maximum Gasteiger partial charge on any atom is 0.145 e. The zero-order valence-corrected chi connectivity index (χ0v) is 26.9. The van der Waals surface area contributed by atoms with Crippen molar-refractivity contribution in [1.82, 2.24) is 9.55 Å². The summed E-state index contributed by atoms with van der Waals surface area (Å²) in [6.45, 7) is 4.80. The van der Waals surface area contributed by atoms with Crippen LogP contribution in [-0.2, 0) is 5.41 Å². The Morgan fingerprint density at radius 1 is 0.500 bits per heavy atom. The maximum atomic E-state index is 5.07. The number of para-hydroxylation sites is 2. The Balaban J connectivity index is 1.14. The number of fused-ring (bicyclic) bond motifs is 10. The molecule has 0 aliphatic heterocycles. The molecule has 0 saturated heterocycles. The molecule has 0 amide bonds. The fourth-order valence-corrected chi connectivity index (χ4v) is 8.30. The molecular weight excluding hydrogens is 581 g/mol. The molecule has 0 spiro atoms. The number of hydrogen-bond donors (Lipinski definition) is 0. The van der Waals surface area contributed by atoms with Gasteiger partial charge >= 0.3 is 0 Å². The monoisotopic (exact) mass is 612 g/mol. The maximum absolute atomic E-state index is 5.07.